The number of carbonyl (C=O) groups excluding carboxylic acids is 1. The van der Waals surface area contributed by atoms with Crippen molar-refractivity contribution in [2.45, 2.75) is 140 Å². The van der Waals surface area contributed by atoms with E-state index in [9.17, 15) is 19.4 Å². The molecule has 2 fully saturated rings. The van der Waals surface area contributed by atoms with Gasteiger partial charge in [0.1, 0.15) is 36.5 Å². The minimum atomic E-state index is -3.14. The Morgan fingerprint density at radius 3 is 2.01 bits per heavy atom. The van der Waals surface area contributed by atoms with Gasteiger partial charge in [0.05, 0.1) is 38.1 Å². The number of aliphatic hydroxyl groups is 1. The molecular weight excluding hydrogens is 924 g/mol. The lowest BCUT2D eigenvalue weighted by atomic mass is 10.1. The third kappa shape index (κ3) is 10.4. The van der Waals surface area contributed by atoms with Crippen molar-refractivity contribution in [3.63, 3.8) is 0 Å². The number of imidazole rings is 2. The second-order valence-corrected chi connectivity index (χ2v) is 30.0. The maximum Gasteiger partial charge on any atom is 0.695 e. The van der Waals surface area contributed by atoms with Crippen molar-refractivity contribution in [3.8, 4) is 11.8 Å². The predicted octanol–water partition coefficient (Wildman–Crippen LogP) is 7.16. The lowest BCUT2D eigenvalue weighted by molar-refractivity contribution is -0.0445. The van der Waals surface area contributed by atoms with Crippen LogP contribution < -0.4 is 4.90 Å². The molecule has 2 saturated heterocycles. The van der Waals surface area contributed by atoms with E-state index in [4.69, 9.17) is 22.8 Å². The Labute approximate surface area is 391 Å². The van der Waals surface area contributed by atoms with Crippen LogP contribution in [0, 0.1) is 11.8 Å². The highest BCUT2D eigenvalue weighted by Gasteiger charge is 2.54. The Bertz CT molecular complexity index is 2640. The molecule has 0 bridgehead atoms. The number of aliphatic hydroxyl groups excluding tert-OH is 1. The van der Waals surface area contributed by atoms with Crippen LogP contribution in [0.15, 0.2) is 55.6 Å². The van der Waals surface area contributed by atoms with Gasteiger partial charge in [0.15, 0.2) is 70.2 Å². The number of nitrogens with zero attached hydrogens (tertiary/aromatic N) is 9. The van der Waals surface area contributed by atoms with Gasteiger partial charge in [-0.05, 0) is 48.4 Å². The fourth-order valence-corrected chi connectivity index (χ4v) is 10.2. The zero-order valence-corrected chi connectivity index (χ0v) is 42.2. The molecule has 5 aromatic rings. The smallest absolute Gasteiger partial charge is 0.414 e. The standard InChI is InChI=1S/C44H58F2N9O9PSi2/c1-43(2,3)66(7,8)60-22-30-35(63-65(58)59)31(45)41(62-30)54-25-51-33-28(47-23-48-37(33)54)19-15-12-16-20-53(40(57)27-17-13-11-14-18-27)38-34-39(50-24-49-38)55(26-52-34)42-32(46)36(29(21-56)61-42)64-67(9,10)44(4,5)6/h11,13-14,17-18,23-26,29-32,35-36,41-42,56H,15,19-22H2,1-10H3/p+1/t29-,30-,31-,32-,35-,36-,41?,42?/m1/s1. The van der Waals surface area contributed by atoms with Crippen molar-refractivity contribution in [2.75, 3.05) is 24.7 Å². The van der Waals surface area contributed by atoms with E-state index in [0.29, 0.717) is 23.2 Å². The van der Waals surface area contributed by atoms with E-state index in [0.717, 1.165) is 0 Å². The van der Waals surface area contributed by atoms with Crippen molar-refractivity contribution < 1.29 is 51.0 Å². The molecule has 7 rings (SSSR count). The normalized spacial score (nSPS) is 24.0. The maximum atomic E-state index is 16.4. The fraction of sp³-hybridized carbons (Fsp3) is 0.568. The number of fused-ring (bicyclic) bond motifs is 2. The predicted molar refractivity (Wildman–Crippen MR) is 249 cm³/mol. The Morgan fingerprint density at radius 1 is 0.821 bits per heavy atom. The Hall–Kier alpha value is -4.54. The van der Waals surface area contributed by atoms with Gasteiger partial charge in [0.25, 0.3) is 5.91 Å². The average Bonchev–Trinajstić information content (AvgIpc) is 4.04. The van der Waals surface area contributed by atoms with Crippen LogP contribution in [0.25, 0.3) is 22.3 Å². The molecule has 1 aromatic carbocycles. The Kier molecular flexibility index (Phi) is 14.9. The van der Waals surface area contributed by atoms with Crippen molar-refractivity contribution >= 4 is 58.9 Å². The summed E-state index contributed by atoms with van der Waals surface area (Å²) in [7, 11) is -7.91. The Balaban J connectivity index is 1.10. The van der Waals surface area contributed by atoms with Gasteiger partial charge < -0.3 is 23.4 Å². The number of ether oxygens (including phenoxy) is 2. The molecule has 18 nitrogen and oxygen atoms in total. The van der Waals surface area contributed by atoms with Crippen molar-refractivity contribution in [1.29, 1.82) is 0 Å². The van der Waals surface area contributed by atoms with E-state index >= 15 is 8.78 Å². The number of carbonyl (C=O) groups is 1. The molecule has 2 aliphatic heterocycles. The van der Waals surface area contributed by atoms with Crippen LogP contribution in [-0.2, 0) is 33.8 Å². The van der Waals surface area contributed by atoms with Gasteiger partial charge in [-0.15, -0.1) is 15.3 Å². The van der Waals surface area contributed by atoms with Crippen LogP contribution in [0.4, 0.5) is 14.6 Å². The van der Waals surface area contributed by atoms with Gasteiger partial charge >= 0.3 is 8.25 Å². The van der Waals surface area contributed by atoms with E-state index in [1.54, 1.807) is 30.3 Å². The molecular formula is C44H59F2N9O9PSi2+. The second kappa shape index (κ2) is 19.8. The summed E-state index contributed by atoms with van der Waals surface area (Å²) in [5, 5.41) is 9.87. The molecule has 9 atom stereocenters. The van der Waals surface area contributed by atoms with E-state index in [1.165, 1.54) is 39.3 Å². The van der Waals surface area contributed by atoms with Crippen LogP contribution >= 0.6 is 8.25 Å². The zero-order chi connectivity index (χ0) is 48.6. The topological polar surface area (TPSA) is 211 Å². The number of alkyl halides is 2. The summed E-state index contributed by atoms with van der Waals surface area (Å²) < 4.78 is 77.2. The SMILES string of the molecule is CC(C)(C)[Si](C)(C)OC[C@H]1OC(n2cnc3c(CCC#CCN(C(=O)c4ccccc4)c4ncnc5c4ncn5C4O[C@H](CO)[C@@H](O[Si](C)(C)C(C)(C)C)[C@H]4F)ncnc32)[C@H](F)[C@@H]1O[P+](=O)O. The van der Waals surface area contributed by atoms with Crippen molar-refractivity contribution in [1.82, 2.24) is 39.0 Å². The molecule has 1 amide bonds. The largest absolute Gasteiger partial charge is 0.695 e. The molecule has 6 heterocycles. The molecule has 2 aliphatic rings. The van der Waals surface area contributed by atoms with Gasteiger partial charge in [-0.1, -0.05) is 65.7 Å². The number of benzene rings is 1. The first kappa shape index (κ1) is 50.3. The molecule has 0 radical (unpaired) electrons. The molecule has 4 aromatic heterocycles. The van der Waals surface area contributed by atoms with Crippen LogP contribution in [0.2, 0.25) is 36.3 Å². The number of rotatable bonds is 15. The van der Waals surface area contributed by atoms with Gasteiger partial charge in [0.2, 0.25) is 0 Å². The van der Waals surface area contributed by atoms with E-state index < -0.39 is 86.6 Å². The summed E-state index contributed by atoms with van der Waals surface area (Å²) in [6.45, 7) is 19.8. The van der Waals surface area contributed by atoms with E-state index in [2.05, 4.69) is 62.5 Å². The van der Waals surface area contributed by atoms with Crippen LogP contribution in [0.5, 0.6) is 0 Å². The lowest BCUT2D eigenvalue weighted by Crippen LogP contribution is -2.49. The number of aromatic nitrogens is 8. The van der Waals surface area contributed by atoms with Crippen LogP contribution in [-0.4, -0.2) is 128 Å². The van der Waals surface area contributed by atoms with Crippen molar-refractivity contribution in [3.05, 3.63) is 66.9 Å². The number of anilines is 1. The molecule has 0 aliphatic carbocycles. The number of amides is 1. The summed E-state index contributed by atoms with van der Waals surface area (Å²) in [6.07, 6.45) is -4.44. The van der Waals surface area contributed by atoms with Crippen molar-refractivity contribution in [2.24, 2.45) is 0 Å². The second-order valence-electron chi connectivity index (χ2n) is 19.7. The van der Waals surface area contributed by atoms with Gasteiger partial charge in [-0.3, -0.25) is 18.8 Å². The maximum absolute atomic E-state index is 16.4. The average molecular weight is 983 g/mol. The molecule has 0 saturated carbocycles. The highest BCUT2D eigenvalue weighted by atomic mass is 31.1. The highest BCUT2D eigenvalue weighted by molar-refractivity contribution is 7.32. The van der Waals surface area contributed by atoms with Gasteiger partial charge in [-0.25, -0.2) is 38.7 Å². The fourth-order valence-electron chi connectivity index (χ4n) is 7.39. The molecule has 23 heteroatoms. The monoisotopic (exact) mass is 982 g/mol. The first-order valence-corrected chi connectivity index (χ1v) is 29.0. The van der Waals surface area contributed by atoms with Crippen LogP contribution in [0.3, 0.4) is 0 Å². The third-order valence-electron chi connectivity index (χ3n) is 13.3. The lowest BCUT2D eigenvalue weighted by Gasteiger charge is -2.39. The summed E-state index contributed by atoms with van der Waals surface area (Å²) in [4.78, 5) is 51.9. The quantitative estimate of drug-likeness (QED) is 0.0606. The Morgan fingerprint density at radius 2 is 1.40 bits per heavy atom. The zero-order valence-electron chi connectivity index (χ0n) is 39.3. The molecule has 3 unspecified atom stereocenters. The first-order chi connectivity index (χ1) is 31.5. The number of halogens is 2. The van der Waals surface area contributed by atoms with E-state index in [-0.39, 0.29) is 52.3 Å². The highest BCUT2D eigenvalue weighted by Crippen LogP contribution is 2.44. The molecule has 2 N–H and O–H groups in total. The number of hydrogen-bond donors (Lipinski definition) is 2. The van der Waals surface area contributed by atoms with Gasteiger partial charge in [0, 0.05) is 23.0 Å². The minimum absolute atomic E-state index is 0.0403. The van der Waals surface area contributed by atoms with Gasteiger partial charge in [-0.2, -0.15) is 0 Å². The van der Waals surface area contributed by atoms with Crippen LogP contribution in [0.1, 0.15) is 76.5 Å². The number of hydrogen-bond acceptors (Lipinski definition) is 14. The molecule has 360 valence electrons. The molecule has 67 heavy (non-hydrogen) atoms. The first-order valence-electron chi connectivity index (χ1n) is 22.1. The third-order valence-corrected chi connectivity index (χ3v) is 22.7. The number of aryl methyl sites for hydroxylation is 1. The summed E-state index contributed by atoms with van der Waals surface area (Å²) in [5.74, 6) is 5.92. The summed E-state index contributed by atoms with van der Waals surface area (Å²) >= 11 is 0. The van der Waals surface area contributed by atoms with E-state index in [1.807, 2.05) is 47.0 Å². The minimum Gasteiger partial charge on any atom is -0.414 e. The summed E-state index contributed by atoms with van der Waals surface area (Å²) in [6, 6.07) is 8.61. The molecule has 0 spiro atoms. The summed E-state index contributed by atoms with van der Waals surface area (Å²) in [5.41, 5.74) is 1.97.